The Labute approximate surface area is 130 Å². The molecule has 0 bridgehead atoms. The Kier molecular flexibility index (Phi) is 2.65. The highest BCUT2D eigenvalue weighted by atomic mass is 16.3. The van der Waals surface area contributed by atoms with E-state index in [1.807, 2.05) is 0 Å². The van der Waals surface area contributed by atoms with Crippen LogP contribution in [0.5, 0.6) is 0 Å². The van der Waals surface area contributed by atoms with E-state index in [1.165, 1.54) is 5.57 Å². The summed E-state index contributed by atoms with van der Waals surface area (Å²) in [6, 6.07) is 0. The van der Waals surface area contributed by atoms with E-state index in [-0.39, 0.29) is 11.3 Å². The molecule has 0 heterocycles. The summed E-state index contributed by atoms with van der Waals surface area (Å²) in [6.07, 6.45) is 10.5. The number of carbonyl (C=O) groups is 1. The molecule has 5 atom stereocenters. The summed E-state index contributed by atoms with van der Waals surface area (Å²) in [5.41, 5.74) is 0.288. The zero-order valence-electron chi connectivity index (χ0n) is 15.0. The molecule has 4 rings (SSSR count). The fraction of sp³-hybridized carbons (Fsp3) is 0.842. The van der Waals surface area contributed by atoms with E-state index in [4.69, 9.17) is 2.74 Å². The molecule has 3 saturated carbocycles. The molecule has 116 valence electrons. The SMILES string of the molecule is [2H]C([2H])(O)[C@]12CCCCC1=CC[C@H]1[C@@H]3CCC(=O)[C@@]3(C)CC[C@@H]12. The van der Waals surface area contributed by atoms with Gasteiger partial charge in [-0.3, -0.25) is 4.79 Å². The first-order valence-corrected chi connectivity index (χ1v) is 8.76. The number of ketones is 1. The topological polar surface area (TPSA) is 37.3 Å². The van der Waals surface area contributed by atoms with Gasteiger partial charge in [0.25, 0.3) is 0 Å². The van der Waals surface area contributed by atoms with Gasteiger partial charge in [-0.25, -0.2) is 0 Å². The van der Waals surface area contributed by atoms with Crippen LogP contribution in [-0.4, -0.2) is 17.4 Å². The number of aliphatic hydroxyl groups is 1. The summed E-state index contributed by atoms with van der Waals surface area (Å²) in [6.45, 7) is -0.0114. The van der Waals surface area contributed by atoms with Crippen LogP contribution in [0.25, 0.3) is 0 Å². The fourth-order valence-electron chi connectivity index (χ4n) is 6.30. The molecule has 0 aliphatic heterocycles. The average molecular weight is 290 g/mol. The van der Waals surface area contributed by atoms with Crippen molar-refractivity contribution in [3.63, 3.8) is 0 Å². The largest absolute Gasteiger partial charge is 0.395 e. The van der Waals surface area contributed by atoms with Crippen LogP contribution in [-0.2, 0) is 4.79 Å². The highest BCUT2D eigenvalue weighted by Gasteiger charge is 2.59. The third kappa shape index (κ3) is 1.72. The maximum Gasteiger partial charge on any atom is 0.139 e. The maximum absolute atomic E-state index is 12.4. The number of rotatable bonds is 1. The van der Waals surface area contributed by atoms with E-state index in [0.29, 0.717) is 24.0 Å². The van der Waals surface area contributed by atoms with Gasteiger partial charge in [0.05, 0.1) is 9.30 Å². The molecule has 4 aliphatic rings. The number of allylic oxidation sites excluding steroid dienone is 1. The van der Waals surface area contributed by atoms with Gasteiger partial charge in [0, 0.05) is 17.3 Å². The van der Waals surface area contributed by atoms with Gasteiger partial charge in [-0.1, -0.05) is 25.0 Å². The molecule has 2 heteroatoms. The Bertz CT molecular complexity index is 564. The van der Waals surface area contributed by atoms with Crippen LogP contribution in [0, 0.1) is 28.6 Å². The van der Waals surface area contributed by atoms with Gasteiger partial charge < -0.3 is 5.11 Å². The van der Waals surface area contributed by atoms with Gasteiger partial charge in [-0.15, -0.1) is 0 Å². The number of Topliss-reactive ketones (excluding diaryl/α,β-unsaturated/α-hetero) is 1. The zero-order valence-corrected chi connectivity index (χ0v) is 13.0. The Balaban J connectivity index is 1.79. The number of fused-ring (bicyclic) bond motifs is 5. The Morgan fingerprint density at radius 1 is 1.29 bits per heavy atom. The first-order chi connectivity index (χ1) is 10.8. The minimum atomic E-state index is -2.15. The van der Waals surface area contributed by atoms with E-state index < -0.39 is 12.0 Å². The van der Waals surface area contributed by atoms with Gasteiger partial charge in [-0.2, -0.15) is 0 Å². The number of carbonyl (C=O) groups excluding carboxylic acids is 1. The predicted molar refractivity (Wildman–Crippen MR) is 82.7 cm³/mol. The lowest BCUT2D eigenvalue weighted by atomic mass is 9.48. The summed E-state index contributed by atoms with van der Waals surface area (Å²) in [5, 5.41) is 10.5. The lowest BCUT2D eigenvalue weighted by Crippen LogP contribution is -2.52. The maximum atomic E-state index is 12.4. The van der Waals surface area contributed by atoms with Crippen molar-refractivity contribution in [3.05, 3.63) is 11.6 Å². The smallest absolute Gasteiger partial charge is 0.139 e. The molecule has 0 saturated heterocycles. The van der Waals surface area contributed by atoms with Crippen molar-refractivity contribution < 1.29 is 12.6 Å². The molecule has 0 aromatic heterocycles. The van der Waals surface area contributed by atoms with Crippen LogP contribution in [0.3, 0.4) is 0 Å². The molecule has 0 aromatic carbocycles. The van der Waals surface area contributed by atoms with Gasteiger partial charge >= 0.3 is 0 Å². The first-order valence-electron chi connectivity index (χ1n) is 9.76. The van der Waals surface area contributed by atoms with Crippen LogP contribution in [0.2, 0.25) is 0 Å². The van der Waals surface area contributed by atoms with Crippen molar-refractivity contribution in [2.75, 3.05) is 6.56 Å². The third-order valence-corrected chi connectivity index (χ3v) is 7.46. The minimum absolute atomic E-state index is 0.190. The number of hydrogen-bond acceptors (Lipinski definition) is 2. The van der Waals surface area contributed by atoms with Crippen LogP contribution < -0.4 is 0 Å². The van der Waals surface area contributed by atoms with Crippen LogP contribution >= 0.6 is 0 Å². The average Bonchev–Trinajstić information content (AvgIpc) is 2.81. The van der Waals surface area contributed by atoms with Gasteiger partial charge in [0.1, 0.15) is 5.78 Å². The number of hydrogen-bond donors (Lipinski definition) is 1. The summed E-state index contributed by atoms with van der Waals surface area (Å²) >= 11 is 0. The highest BCUT2D eigenvalue weighted by Crippen LogP contribution is 2.63. The predicted octanol–water partition coefficient (Wildman–Crippen LogP) is 3.88. The Morgan fingerprint density at radius 3 is 2.95 bits per heavy atom. The molecular formula is C19H28O2. The van der Waals surface area contributed by atoms with Gasteiger partial charge in [0.15, 0.2) is 0 Å². The molecular weight excluding hydrogens is 260 g/mol. The summed E-state index contributed by atoms with van der Waals surface area (Å²) in [4.78, 5) is 12.4. The lowest BCUT2D eigenvalue weighted by Gasteiger charge is -2.57. The Hall–Kier alpha value is -0.630. The van der Waals surface area contributed by atoms with Crippen molar-refractivity contribution in [1.82, 2.24) is 0 Å². The molecule has 21 heavy (non-hydrogen) atoms. The lowest BCUT2D eigenvalue weighted by molar-refractivity contribution is -0.132. The molecule has 0 radical (unpaired) electrons. The van der Waals surface area contributed by atoms with Crippen molar-refractivity contribution in [2.24, 2.45) is 28.6 Å². The molecule has 0 unspecified atom stereocenters. The van der Waals surface area contributed by atoms with E-state index in [0.717, 1.165) is 51.4 Å². The second-order valence-electron chi connectivity index (χ2n) is 8.05. The van der Waals surface area contributed by atoms with Crippen molar-refractivity contribution in [2.45, 2.75) is 64.7 Å². The van der Waals surface area contributed by atoms with Crippen LogP contribution in [0.1, 0.15) is 67.5 Å². The second kappa shape index (κ2) is 4.68. The van der Waals surface area contributed by atoms with Gasteiger partial charge in [0.2, 0.25) is 0 Å². The van der Waals surface area contributed by atoms with Gasteiger partial charge in [-0.05, 0) is 62.7 Å². The third-order valence-electron chi connectivity index (χ3n) is 7.46. The molecule has 0 amide bonds. The first kappa shape index (κ1) is 11.9. The second-order valence-corrected chi connectivity index (χ2v) is 8.05. The van der Waals surface area contributed by atoms with E-state index in [1.54, 1.807) is 0 Å². The fourth-order valence-corrected chi connectivity index (χ4v) is 6.30. The normalized spacial score (nSPS) is 51.2. The van der Waals surface area contributed by atoms with Crippen LogP contribution in [0.15, 0.2) is 11.6 Å². The molecule has 2 nitrogen and oxygen atoms in total. The van der Waals surface area contributed by atoms with Crippen LogP contribution in [0.4, 0.5) is 0 Å². The molecule has 4 aliphatic carbocycles. The quantitative estimate of drug-likeness (QED) is 0.744. The molecule has 3 fully saturated rings. The monoisotopic (exact) mass is 290 g/mol. The highest BCUT2D eigenvalue weighted by molar-refractivity contribution is 5.87. The standard InChI is InChI=1S/C19H28O2/c1-18-11-9-16-14(15(18)7-8-17(18)21)6-5-13-4-2-3-10-19(13,16)12-20/h5,14-16,20H,2-4,6-12H2,1H3/t14-,15-,16-,18-,19+/m0/s1/i12D2. The summed E-state index contributed by atoms with van der Waals surface area (Å²) < 4.78 is 16.5. The van der Waals surface area contributed by atoms with E-state index in [9.17, 15) is 9.90 Å². The van der Waals surface area contributed by atoms with E-state index >= 15 is 0 Å². The minimum Gasteiger partial charge on any atom is -0.395 e. The zero-order chi connectivity index (χ0) is 16.5. The summed E-state index contributed by atoms with van der Waals surface area (Å²) in [7, 11) is 0. The van der Waals surface area contributed by atoms with Crippen molar-refractivity contribution >= 4 is 5.78 Å². The van der Waals surface area contributed by atoms with Crippen molar-refractivity contribution in [1.29, 1.82) is 0 Å². The summed E-state index contributed by atoms with van der Waals surface area (Å²) in [5.74, 6) is 1.36. The molecule has 0 spiro atoms. The molecule has 0 aromatic rings. The molecule has 1 N–H and O–H groups in total. The van der Waals surface area contributed by atoms with Crippen molar-refractivity contribution in [3.8, 4) is 0 Å². The van der Waals surface area contributed by atoms with E-state index in [2.05, 4.69) is 13.0 Å². The Morgan fingerprint density at radius 2 is 2.14 bits per heavy atom.